The number of quaternary nitrogens is 1. The second kappa shape index (κ2) is 9.87. The summed E-state index contributed by atoms with van der Waals surface area (Å²) in [5.41, 5.74) is 4.86. The van der Waals surface area contributed by atoms with Gasteiger partial charge in [-0.05, 0) is 49.2 Å². The first-order valence-corrected chi connectivity index (χ1v) is 13.2. The molecule has 0 aliphatic carbocycles. The zero-order valence-electron chi connectivity index (χ0n) is 20.8. The summed E-state index contributed by atoms with van der Waals surface area (Å²) in [5.74, 6) is 0.529. The fraction of sp³-hybridized carbons (Fsp3) is 0.286. The Morgan fingerprint density at radius 1 is 1.14 bits per heavy atom. The minimum Gasteiger partial charge on any atom is -0.322 e. The van der Waals surface area contributed by atoms with Crippen LogP contribution < -0.4 is 5.32 Å². The monoisotopic (exact) mass is 500 g/mol. The Hall–Kier alpha value is -3.49. The van der Waals surface area contributed by atoms with Gasteiger partial charge in [-0.15, -0.1) is 0 Å². The summed E-state index contributed by atoms with van der Waals surface area (Å²) in [7, 11) is 1.96. The highest BCUT2D eigenvalue weighted by molar-refractivity contribution is 7.99. The Morgan fingerprint density at radius 2 is 1.94 bits per heavy atom. The number of rotatable bonds is 5. The van der Waals surface area contributed by atoms with Crippen LogP contribution in [0.3, 0.4) is 0 Å². The number of nitrogens with one attached hydrogen (secondary N) is 1. The van der Waals surface area contributed by atoms with Crippen LogP contribution in [0.5, 0.6) is 0 Å². The summed E-state index contributed by atoms with van der Waals surface area (Å²) in [4.78, 5) is 36.7. The number of imidazole rings is 1. The number of hydrogen-bond donors (Lipinski definition) is 1. The van der Waals surface area contributed by atoms with Gasteiger partial charge in [0.15, 0.2) is 5.16 Å². The van der Waals surface area contributed by atoms with Gasteiger partial charge in [0.2, 0.25) is 0 Å². The van der Waals surface area contributed by atoms with Crippen molar-refractivity contribution < 1.29 is 14.1 Å². The molecule has 8 heteroatoms. The van der Waals surface area contributed by atoms with Crippen molar-refractivity contribution in [1.29, 1.82) is 0 Å². The Morgan fingerprint density at radius 3 is 2.69 bits per heavy atom. The van der Waals surface area contributed by atoms with Gasteiger partial charge in [0, 0.05) is 31.6 Å². The second-order valence-electron chi connectivity index (χ2n) is 9.41. The minimum absolute atomic E-state index is 0.106. The molecule has 1 N–H and O–H groups in total. The molecule has 1 aliphatic heterocycles. The molecule has 1 fully saturated rings. The van der Waals surface area contributed by atoms with Crippen LogP contribution in [-0.4, -0.2) is 49.3 Å². The van der Waals surface area contributed by atoms with Crippen LogP contribution in [0.2, 0.25) is 0 Å². The molecule has 2 aromatic carbocycles. The number of likely N-dealkylation sites (tertiary alicyclic amines) is 1. The summed E-state index contributed by atoms with van der Waals surface area (Å²) in [6.07, 6.45) is 3.30. The number of aromatic nitrogens is 3. The van der Waals surface area contributed by atoms with Gasteiger partial charge in [0.05, 0.1) is 17.6 Å². The number of hydrogen-bond acceptors (Lipinski definition) is 5. The molecule has 184 valence electrons. The highest BCUT2D eigenvalue weighted by Crippen LogP contribution is 2.33. The highest BCUT2D eigenvalue weighted by Gasteiger charge is 2.52. The van der Waals surface area contributed by atoms with Crippen LogP contribution >= 0.6 is 11.8 Å². The van der Waals surface area contributed by atoms with Crippen molar-refractivity contribution >= 4 is 40.6 Å². The number of pyridine rings is 1. The van der Waals surface area contributed by atoms with Crippen LogP contribution in [0.1, 0.15) is 25.3 Å². The van der Waals surface area contributed by atoms with Gasteiger partial charge in [-0.3, -0.25) is 5.32 Å². The van der Waals surface area contributed by atoms with Crippen molar-refractivity contribution in [3.05, 3.63) is 72.4 Å². The average molecular weight is 501 g/mol. The maximum atomic E-state index is 13.8. The smallest absolute Gasteiger partial charge is 0.322 e. The highest BCUT2D eigenvalue weighted by atomic mass is 32.2. The molecule has 1 aliphatic rings. The van der Waals surface area contributed by atoms with E-state index < -0.39 is 0 Å². The summed E-state index contributed by atoms with van der Waals surface area (Å²) in [5, 5.41) is 3.78. The van der Waals surface area contributed by atoms with Gasteiger partial charge < -0.3 is 4.57 Å². The fourth-order valence-electron chi connectivity index (χ4n) is 5.08. The number of carbonyl (C=O) groups is 2. The van der Waals surface area contributed by atoms with E-state index >= 15 is 0 Å². The third-order valence-electron chi connectivity index (χ3n) is 7.13. The number of nitrogens with zero attached hydrogens (tertiary/aromatic N) is 4. The molecule has 2 aromatic heterocycles. The number of fused-ring (bicyclic) bond motifs is 1. The first-order valence-electron chi connectivity index (χ1n) is 12.2. The molecule has 0 spiro atoms. The van der Waals surface area contributed by atoms with Gasteiger partial charge in [0.1, 0.15) is 17.6 Å². The van der Waals surface area contributed by atoms with Gasteiger partial charge >= 0.3 is 11.9 Å². The van der Waals surface area contributed by atoms with E-state index in [9.17, 15) is 9.59 Å². The maximum Gasteiger partial charge on any atom is 0.429 e. The molecule has 7 nitrogen and oxygen atoms in total. The van der Waals surface area contributed by atoms with E-state index in [0.29, 0.717) is 12.4 Å². The van der Waals surface area contributed by atoms with Crippen LogP contribution in [0.25, 0.3) is 22.2 Å². The van der Waals surface area contributed by atoms with Crippen LogP contribution in [0, 0.1) is 6.92 Å². The van der Waals surface area contributed by atoms with E-state index in [1.807, 2.05) is 80.1 Å². The molecule has 1 unspecified atom stereocenters. The molecule has 5 rings (SSSR count). The lowest BCUT2D eigenvalue weighted by atomic mass is 10.1. The number of urea groups is 1. The number of thioether (sulfide) groups is 1. The zero-order chi connectivity index (χ0) is 25.3. The quantitative estimate of drug-likeness (QED) is 0.277. The molecule has 2 atom stereocenters. The second-order valence-corrected chi connectivity index (χ2v) is 10.3. The van der Waals surface area contributed by atoms with Crippen LogP contribution in [0.4, 0.5) is 10.6 Å². The van der Waals surface area contributed by atoms with Crippen LogP contribution in [-0.2, 0) is 11.8 Å². The predicted molar refractivity (Wildman–Crippen MR) is 144 cm³/mol. The molecule has 3 amide bonds. The van der Waals surface area contributed by atoms with Crippen molar-refractivity contribution in [3.63, 3.8) is 0 Å². The molecule has 0 saturated carbocycles. The summed E-state index contributed by atoms with van der Waals surface area (Å²) in [6.45, 7) is 4.52. The van der Waals surface area contributed by atoms with E-state index in [0.717, 1.165) is 45.7 Å². The van der Waals surface area contributed by atoms with E-state index in [1.54, 1.807) is 6.20 Å². The molecule has 1 saturated heterocycles. The SMILES string of the molecule is Cc1ccc2c(c1)nc(SCC(=O)[N+]1(C(=O)Nc3ncccc3-c3ccccc3)CCC[C@H]1C)n2C. The molecule has 36 heavy (non-hydrogen) atoms. The van der Waals surface area contributed by atoms with Gasteiger partial charge in [0.25, 0.3) is 0 Å². The van der Waals surface area contributed by atoms with Crippen molar-refractivity contribution in [2.75, 3.05) is 17.6 Å². The van der Waals surface area contributed by atoms with Crippen LogP contribution in [0.15, 0.2) is 72.0 Å². The summed E-state index contributed by atoms with van der Waals surface area (Å²) < 4.78 is 1.78. The Kier molecular flexibility index (Phi) is 6.64. The molecule has 4 aromatic rings. The fourth-order valence-corrected chi connectivity index (χ4v) is 6.02. The van der Waals surface area contributed by atoms with Crippen molar-refractivity contribution in [2.24, 2.45) is 7.05 Å². The number of benzene rings is 2. The third kappa shape index (κ3) is 4.31. The average Bonchev–Trinajstić information content (AvgIpc) is 3.43. The molecular weight excluding hydrogens is 470 g/mol. The zero-order valence-corrected chi connectivity index (χ0v) is 21.6. The predicted octanol–water partition coefficient (Wildman–Crippen LogP) is 5.79. The maximum absolute atomic E-state index is 13.8. The van der Waals surface area contributed by atoms with Gasteiger partial charge in [-0.2, -0.15) is 4.48 Å². The lowest BCUT2D eigenvalue weighted by Crippen LogP contribution is -2.61. The lowest BCUT2D eigenvalue weighted by molar-refractivity contribution is -0.781. The van der Waals surface area contributed by atoms with E-state index in [-0.39, 0.29) is 28.2 Å². The first-order chi connectivity index (χ1) is 17.4. The molecule has 0 radical (unpaired) electrons. The number of amides is 3. The standard InChI is InChI=1S/C28H29N5O2S/c1-19-13-14-24-23(17-19)30-27(32(24)3)36-18-25(34)33(16-8-9-20(33)2)28(35)31-26-22(12-7-15-29-26)21-10-5-4-6-11-21/h4-7,10-15,17,20H,8-9,16,18H2,1-3H3/p+1/t20-,33?/m1/s1. The Bertz CT molecular complexity index is 1430. The van der Waals surface area contributed by atoms with Gasteiger partial charge in [-0.25, -0.2) is 19.6 Å². The van der Waals surface area contributed by atoms with E-state index in [4.69, 9.17) is 4.98 Å². The Balaban J connectivity index is 1.39. The molecular formula is C28H30N5O2S+. The van der Waals surface area contributed by atoms with Crippen molar-refractivity contribution in [1.82, 2.24) is 14.5 Å². The van der Waals surface area contributed by atoms with Crippen molar-refractivity contribution in [3.8, 4) is 11.1 Å². The normalized spacial score (nSPS) is 19.5. The number of anilines is 1. The number of imide groups is 1. The van der Waals surface area contributed by atoms with E-state index in [1.165, 1.54) is 11.8 Å². The Labute approximate surface area is 215 Å². The molecule has 0 bridgehead atoms. The number of aryl methyl sites for hydroxylation is 2. The minimum atomic E-state index is -0.317. The lowest BCUT2D eigenvalue weighted by Gasteiger charge is -2.32. The summed E-state index contributed by atoms with van der Waals surface area (Å²) >= 11 is 1.39. The molecule has 3 heterocycles. The van der Waals surface area contributed by atoms with Crippen molar-refractivity contribution in [2.45, 2.75) is 37.9 Å². The first kappa shape index (κ1) is 24.2. The van der Waals surface area contributed by atoms with E-state index in [2.05, 4.69) is 16.4 Å². The third-order valence-corrected chi connectivity index (χ3v) is 8.15. The topological polar surface area (TPSA) is 76.9 Å². The summed E-state index contributed by atoms with van der Waals surface area (Å²) in [6, 6.07) is 19.3. The largest absolute Gasteiger partial charge is 0.429 e. The number of carbonyl (C=O) groups excluding carboxylic acids is 2. The van der Waals surface area contributed by atoms with Gasteiger partial charge in [-0.1, -0.05) is 48.2 Å².